The highest BCUT2D eigenvalue weighted by Crippen LogP contribution is 2.18. The van der Waals surface area contributed by atoms with E-state index >= 15 is 0 Å². The smallest absolute Gasteiger partial charge is 0.323 e. The molecule has 6 atom stereocenters. The summed E-state index contributed by atoms with van der Waals surface area (Å²) < 4.78 is 0. The summed E-state index contributed by atoms with van der Waals surface area (Å²) in [6.07, 6.45) is 1.18. The SMILES string of the molecule is CC(C)C(N)C(=O)O.CC(N)C(=O)O.CC(O)C(N)C(=O)O.NC(CO)C(=O)O.NC(Cc1c[nH]c2ccccc12)C(=O)O. The summed E-state index contributed by atoms with van der Waals surface area (Å²) in [5.74, 6) is -5.20. The number of carboxylic acid groups (broad SMARTS) is 5. The second-order valence-electron chi connectivity index (χ2n) is 9.48. The van der Waals surface area contributed by atoms with Crippen molar-refractivity contribution in [3.63, 3.8) is 0 Å². The number of carbonyl (C=O) groups is 5. The molecule has 1 aromatic heterocycles. The normalized spacial score (nSPS) is 14.1. The Hall–Kier alpha value is -4.17. The van der Waals surface area contributed by atoms with Gasteiger partial charge in [-0.1, -0.05) is 32.0 Å². The van der Waals surface area contributed by atoms with Crippen LogP contribution in [0.2, 0.25) is 0 Å². The van der Waals surface area contributed by atoms with Gasteiger partial charge in [0.25, 0.3) is 0 Å². The first-order valence-corrected chi connectivity index (χ1v) is 12.9. The first kappa shape index (κ1) is 44.3. The molecule has 0 aliphatic carbocycles. The number of nitrogens with one attached hydrogen (secondary N) is 1. The lowest BCUT2D eigenvalue weighted by molar-refractivity contribution is -0.141. The van der Waals surface area contributed by atoms with Gasteiger partial charge in [0.15, 0.2) is 0 Å². The average molecular weight is 635 g/mol. The van der Waals surface area contributed by atoms with Crippen LogP contribution in [0.1, 0.15) is 33.3 Å². The number of aliphatic hydroxyl groups is 2. The summed E-state index contributed by atoms with van der Waals surface area (Å²) >= 11 is 0. The third-order valence-corrected chi connectivity index (χ3v) is 5.14. The minimum atomic E-state index is -1.18. The molecule has 44 heavy (non-hydrogen) atoms. The van der Waals surface area contributed by atoms with Crippen molar-refractivity contribution in [2.24, 2.45) is 34.6 Å². The molecule has 0 spiro atoms. The number of H-pyrrole nitrogens is 1. The van der Waals surface area contributed by atoms with Gasteiger partial charge >= 0.3 is 29.8 Å². The van der Waals surface area contributed by atoms with Crippen molar-refractivity contribution in [1.82, 2.24) is 4.98 Å². The number of aromatic amines is 1. The molecule has 0 bridgehead atoms. The van der Waals surface area contributed by atoms with Crippen LogP contribution in [0.25, 0.3) is 10.9 Å². The third kappa shape index (κ3) is 20.7. The lowest BCUT2D eigenvalue weighted by atomic mass is 10.1. The zero-order valence-electron chi connectivity index (χ0n) is 24.9. The van der Waals surface area contributed by atoms with Gasteiger partial charge in [-0.15, -0.1) is 0 Å². The fourth-order valence-corrected chi connectivity index (χ4v) is 2.19. The molecule has 0 amide bonds. The number of aliphatic hydroxyl groups excluding tert-OH is 2. The zero-order valence-corrected chi connectivity index (χ0v) is 24.9. The molecular weight excluding hydrogens is 588 g/mol. The summed E-state index contributed by atoms with van der Waals surface area (Å²) in [6.45, 7) is 5.80. The number of nitrogens with two attached hydrogens (primary N) is 5. The van der Waals surface area contributed by atoms with Crippen molar-refractivity contribution < 1.29 is 59.7 Å². The quantitative estimate of drug-likeness (QED) is 0.131. The van der Waals surface area contributed by atoms with Crippen molar-refractivity contribution >= 4 is 40.7 Å². The second-order valence-corrected chi connectivity index (χ2v) is 9.48. The third-order valence-electron chi connectivity index (χ3n) is 5.14. The molecule has 0 aliphatic rings. The molecule has 18 N–H and O–H groups in total. The number of hydrogen-bond acceptors (Lipinski definition) is 12. The van der Waals surface area contributed by atoms with Gasteiger partial charge in [-0.05, 0) is 31.4 Å². The molecule has 0 fully saturated rings. The average Bonchev–Trinajstić information content (AvgIpc) is 3.35. The molecule has 18 heteroatoms. The van der Waals surface area contributed by atoms with Gasteiger partial charge in [-0.2, -0.15) is 0 Å². The summed E-state index contributed by atoms with van der Waals surface area (Å²) in [5, 5.41) is 58.3. The molecule has 2 rings (SSSR count). The molecule has 6 unspecified atom stereocenters. The maximum atomic E-state index is 10.6. The van der Waals surface area contributed by atoms with E-state index < -0.39 is 72.8 Å². The van der Waals surface area contributed by atoms with Gasteiger partial charge in [0.2, 0.25) is 0 Å². The van der Waals surface area contributed by atoms with Crippen molar-refractivity contribution in [3.05, 3.63) is 36.0 Å². The van der Waals surface area contributed by atoms with Crippen molar-refractivity contribution in [2.75, 3.05) is 6.61 Å². The topological polar surface area (TPSA) is 373 Å². The Morgan fingerprint density at radius 2 is 1.14 bits per heavy atom. The maximum absolute atomic E-state index is 10.6. The first-order valence-electron chi connectivity index (χ1n) is 12.9. The van der Waals surface area contributed by atoms with E-state index in [2.05, 4.69) is 4.98 Å². The summed E-state index contributed by atoms with van der Waals surface area (Å²) in [6, 6.07) is 3.19. The fraction of sp³-hybridized carbons (Fsp3) is 0.500. The molecule has 252 valence electrons. The van der Waals surface area contributed by atoms with Gasteiger partial charge in [0.05, 0.1) is 12.7 Å². The largest absolute Gasteiger partial charge is 0.480 e. The lowest BCUT2D eigenvalue weighted by Crippen LogP contribution is -2.39. The zero-order chi connectivity index (χ0) is 35.3. The lowest BCUT2D eigenvalue weighted by Gasteiger charge is -2.07. The molecule has 1 aromatic carbocycles. The Morgan fingerprint density at radius 3 is 1.39 bits per heavy atom. The molecule has 0 radical (unpaired) electrons. The molecular formula is C26H46N6O12. The summed E-state index contributed by atoms with van der Waals surface area (Å²) in [5.41, 5.74) is 27.1. The van der Waals surface area contributed by atoms with E-state index in [0.717, 1.165) is 16.5 Å². The van der Waals surface area contributed by atoms with Crippen molar-refractivity contribution in [1.29, 1.82) is 0 Å². The van der Waals surface area contributed by atoms with Crippen LogP contribution in [0, 0.1) is 5.92 Å². The fourth-order valence-electron chi connectivity index (χ4n) is 2.19. The van der Waals surface area contributed by atoms with Gasteiger partial charge in [0, 0.05) is 23.5 Å². The van der Waals surface area contributed by atoms with Crippen LogP contribution in [-0.4, -0.2) is 113 Å². The highest BCUT2D eigenvalue weighted by molar-refractivity contribution is 5.84. The number of fused-ring (bicyclic) bond motifs is 1. The Morgan fingerprint density at radius 1 is 0.705 bits per heavy atom. The Bertz CT molecular complexity index is 1130. The predicted molar refractivity (Wildman–Crippen MR) is 159 cm³/mol. The minimum absolute atomic E-state index is 0.0208. The molecule has 0 saturated heterocycles. The minimum Gasteiger partial charge on any atom is -0.480 e. The Labute approximate surface area is 253 Å². The summed E-state index contributed by atoms with van der Waals surface area (Å²) in [7, 11) is 0. The highest BCUT2D eigenvalue weighted by Gasteiger charge is 2.16. The van der Waals surface area contributed by atoms with Crippen LogP contribution in [0.3, 0.4) is 0 Å². The van der Waals surface area contributed by atoms with Crippen LogP contribution >= 0.6 is 0 Å². The van der Waals surface area contributed by atoms with E-state index in [0.29, 0.717) is 6.42 Å². The molecule has 0 aliphatic heterocycles. The second kappa shape index (κ2) is 23.3. The first-order chi connectivity index (χ1) is 20.1. The van der Waals surface area contributed by atoms with Crippen LogP contribution < -0.4 is 28.7 Å². The van der Waals surface area contributed by atoms with E-state index in [4.69, 9.17) is 64.4 Å². The Balaban J connectivity index is -0.000000506. The molecule has 0 saturated carbocycles. The Kier molecular flexibility index (Phi) is 23.5. The van der Waals surface area contributed by atoms with E-state index in [-0.39, 0.29) is 5.92 Å². The van der Waals surface area contributed by atoms with Gasteiger partial charge in [-0.25, -0.2) is 0 Å². The van der Waals surface area contributed by atoms with Crippen molar-refractivity contribution in [3.8, 4) is 0 Å². The number of rotatable bonds is 10. The number of carboxylic acids is 5. The van der Waals surface area contributed by atoms with Gasteiger partial charge < -0.3 is 69.4 Å². The van der Waals surface area contributed by atoms with Crippen LogP contribution in [-0.2, 0) is 30.4 Å². The standard InChI is InChI=1S/C11H12N2O2.C5H11NO2.C4H9NO3.C3H7NO3.C3H7NO2/c12-9(11(14)15)5-7-6-13-10-4-2-1-3-8(7)10;1-3(2)4(6)5(7)8;1-2(6)3(5)4(7)8;4-2(1-5)3(6)7;1-2(4)3(5)6/h1-4,6,9,13H,5,12H2,(H,14,15);3-4H,6H2,1-2H3,(H,7,8);2-3,6H,5H2,1H3,(H,7,8);2,5H,1,4H2,(H,6,7);2H,4H2,1H3,(H,5,6). The number of aromatic nitrogens is 1. The monoisotopic (exact) mass is 634 g/mol. The predicted octanol–water partition coefficient (Wildman–Crippen LogP) is -2.24. The van der Waals surface area contributed by atoms with E-state index in [1.165, 1.54) is 13.8 Å². The van der Waals surface area contributed by atoms with Crippen LogP contribution in [0.15, 0.2) is 30.5 Å². The molecule has 18 nitrogen and oxygen atoms in total. The number of para-hydroxylation sites is 1. The molecule has 1 heterocycles. The number of aliphatic carboxylic acids is 5. The molecule has 2 aromatic rings. The van der Waals surface area contributed by atoms with Crippen molar-refractivity contribution in [2.45, 2.75) is 70.4 Å². The van der Waals surface area contributed by atoms with E-state index in [1.54, 1.807) is 13.8 Å². The van der Waals surface area contributed by atoms with Crippen LogP contribution in [0.5, 0.6) is 0 Å². The van der Waals surface area contributed by atoms with Gasteiger partial charge in [0.1, 0.15) is 30.2 Å². The van der Waals surface area contributed by atoms with E-state index in [1.807, 2.05) is 30.5 Å². The van der Waals surface area contributed by atoms with E-state index in [9.17, 15) is 24.0 Å². The summed E-state index contributed by atoms with van der Waals surface area (Å²) in [4.78, 5) is 52.8. The van der Waals surface area contributed by atoms with Crippen LogP contribution in [0.4, 0.5) is 0 Å². The number of benzene rings is 1. The highest BCUT2D eigenvalue weighted by atomic mass is 16.4. The maximum Gasteiger partial charge on any atom is 0.323 e. The number of hydrogen-bond donors (Lipinski definition) is 13. The van der Waals surface area contributed by atoms with Gasteiger partial charge in [-0.3, -0.25) is 24.0 Å².